The van der Waals surface area contributed by atoms with Crippen LogP contribution in [-0.4, -0.2) is 24.0 Å². The van der Waals surface area contributed by atoms with Crippen molar-refractivity contribution in [2.75, 3.05) is 13.1 Å². The molecular weight excluding hydrogens is 134 g/mol. The summed E-state index contributed by atoms with van der Waals surface area (Å²) >= 11 is 0. The lowest BCUT2D eigenvalue weighted by Gasteiger charge is -2.37. The quantitative estimate of drug-likeness (QED) is 0.515. The van der Waals surface area contributed by atoms with Gasteiger partial charge >= 0.3 is 0 Å². The monoisotopic (exact) mass is 153 g/mol. The molecular formula is C10H19N. The zero-order chi connectivity index (χ0) is 8.06. The molecule has 2 rings (SSSR count). The fourth-order valence-electron chi connectivity index (χ4n) is 2.98. The second kappa shape index (κ2) is 2.22. The van der Waals surface area contributed by atoms with E-state index in [1.54, 1.807) is 0 Å². The summed E-state index contributed by atoms with van der Waals surface area (Å²) in [6.07, 6.45) is 2.90. The topological polar surface area (TPSA) is 3.24 Å². The molecule has 2 bridgehead atoms. The Bertz CT molecular complexity index is 160. The molecule has 2 saturated heterocycles. The van der Waals surface area contributed by atoms with Crippen LogP contribution in [0.15, 0.2) is 0 Å². The summed E-state index contributed by atoms with van der Waals surface area (Å²) < 4.78 is 0. The summed E-state index contributed by atoms with van der Waals surface area (Å²) in [6.45, 7) is 9.89. The molecule has 0 aliphatic carbocycles. The molecule has 64 valence electrons. The number of nitrogens with zero attached hydrogens (tertiary/aromatic N) is 1. The maximum absolute atomic E-state index is 2.66. The van der Waals surface area contributed by atoms with Crippen molar-refractivity contribution in [2.45, 2.75) is 39.7 Å². The number of rotatable bonds is 0. The van der Waals surface area contributed by atoms with Gasteiger partial charge in [0.1, 0.15) is 0 Å². The first-order valence-corrected chi connectivity index (χ1v) is 4.81. The fourth-order valence-corrected chi connectivity index (χ4v) is 2.98. The van der Waals surface area contributed by atoms with Crippen LogP contribution in [-0.2, 0) is 0 Å². The van der Waals surface area contributed by atoms with Crippen LogP contribution in [0.2, 0.25) is 0 Å². The SMILES string of the molecule is C[C@@H]1C[C@@H]2CN1CC(C)(C)C2. The lowest BCUT2D eigenvalue weighted by molar-refractivity contribution is 0.117. The molecule has 0 amide bonds. The van der Waals surface area contributed by atoms with Crippen molar-refractivity contribution in [1.29, 1.82) is 0 Å². The highest BCUT2D eigenvalue weighted by Crippen LogP contribution is 2.40. The molecule has 2 aliphatic heterocycles. The largest absolute Gasteiger partial charge is 0.300 e. The van der Waals surface area contributed by atoms with Gasteiger partial charge in [0.15, 0.2) is 0 Å². The van der Waals surface area contributed by atoms with E-state index in [2.05, 4.69) is 25.7 Å². The van der Waals surface area contributed by atoms with E-state index >= 15 is 0 Å². The molecule has 0 spiro atoms. The normalized spacial score (nSPS) is 47.7. The van der Waals surface area contributed by atoms with Gasteiger partial charge in [0.2, 0.25) is 0 Å². The van der Waals surface area contributed by atoms with Crippen LogP contribution in [0.5, 0.6) is 0 Å². The highest BCUT2D eigenvalue weighted by atomic mass is 15.2. The van der Waals surface area contributed by atoms with Gasteiger partial charge in [-0.2, -0.15) is 0 Å². The molecule has 0 N–H and O–H groups in total. The maximum atomic E-state index is 2.66. The van der Waals surface area contributed by atoms with Gasteiger partial charge in [-0.15, -0.1) is 0 Å². The second-order valence-electron chi connectivity index (χ2n) is 5.25. The maximum Gasteiger partial charge on any atom is 0.00703 e. The Balaban J connectivity index is 2.12. The van der Waals surface area contributed by atoms with E-state index < -0.39 is 0 Å². The number of fused-ring (bicyclic) bond motifs is 2. The molecule has 11 heavy (non-hydrogen) atoms. The summed E-state index contributed by atoms with van der Waals surface area (Å²) in [7, 11) is 0. The highest BCUT2D eigenvalue weighted by molar-refractivity contribution is 4.93. The van der Waals surface area contributed by atoms with Gasteiger partial charge in [-0.05, 0) is 31.1 Å². The van der Waals surface area contributed by atoms with Gasteiger partial charge in [0.05, 0.1) is 0 Å². The lowest BCUT2D eigenvalue weighted by atomic mass is 9.80. The van der Waals surface area contributed by atoms with Crippen molar-refractivity contribution in [3.05, 3.63) is 0 Å². The van der Waals surface area contributed by atoms with Crippen LogP contribution in [0, 0.1) is 11.3 Å². The molecule has 1 nitrogen and oxygen atoms in total. The Labute approximate surface area is 69.8 Å². The van der Waals surface area contributed by atoms with E-state index in [9.17, 15) is 0 Å². The molecule has 2 fully saturated rings. The Morgan fingerprint density at radius 2 is 2.09 bits per heavy atom. The van der Waals surface area contributed by atoms with E-state index in [1.165, 1.54) is 25.9 Å². The third-order valence-corrected chi connectivity index (χ3v) is 3.26. The van der Waals surface area contributed by atoms with Gasteiger partial charge in [0.25, 0.3) is 0 Å². The smallest absolute Gasteiger partial charge is 0.00703 e. The van der Waals surface area contributed by atoms with Crippen molar-refractivity contribution in [1.82, 2.24) is 4.90 Å². The first kappa shape index (κ1) is 7.60. The minimum atomic E-state index is 0.591. The molecule has 2 aliphatic rings. The van der Waals surface area contributed by atoms with Crippen LogP contribution >= 0.6 is 0 Å². The minimum Gasteiger partial charge on any atom is -0.300 e. The Kier molecular flexibility index (Phi) is 1.54. The summed E-state index contributed by atoms with van der Waals surface area (Å²) in [6, 6.07) is 0.863. The van der Waals surface area contributed by atoms with Crippen LogP contribution in [0.3, 0.4) is 0 Å². The molecule has 0 aromatic carbocycles. The van der Waals surface area contributed by atoms with Crippen LogP contribution in [0.4, 0.5) is 0 Å². The van der Waals surface area contributed by atoms with Crippen molar-refractivity contribution in [2.24, 2.45) is 11.3 Å². The summed E-state index contributed by atoms with van der Waals surface area (Å²) in [5, 5.41) is 0. The predicted molar refractivity (Wildman–Crippen MR) is 47.5 cm³/mol. The number of hydrogen-bond acceptors (Lipinski definition) is 1. The van der Waals surface area contributed by atoms with Crippen molar-refractivity contribution < 1.29 is 0 Å². The fraction of sp³-hybridized carbons (Fsp3) is 1.00. The summed E-state index contributed by atoms with van der Waals surface area (Å²) in [5.41, 5.74) is 0.591. The van der Waals surface area contributed by atoms with Crippen LogP contribution < -0.4 is 0 Å². The zero-order valence-corrected chi connectivity index (χ0v) is 7.93. The average Bonchev–Trinajstić information content (AvgIpc) is 2.05. The Morgan fingerprint density at radius 1 is 1.36 bits per heavy atom. The van der Waals surface area contributed by atoms with Gasteiger partial charge < -0.3 is 0 Å². The van der Waals surface area contributed by atoms with E-state index in [0.29, 0.717) is 5.41 Å². The average molecular weight is 153 g/mol. The molecule has 0 saturated carbocycles. The van der Waals surface area contributed by atoms with Crippen molar-refractivity contribution in [3.8, 4) is 0 Å². The second-order valence-corrected chi connectivity index (χ2v) is 5.25. The lowest BCUT2D eigenvalue weighted by Crippen LogP contribution is -2.40. The molecule has 0 radical (unpaired) electrons. The van der Waals surface area contributed by atoms with E-state index in [4.69, 9.17) is 0 Å². The van der Waals surface area contributed by atoms with Crippen LogP contribution in [0.1, 0.15) is 33.6 Å². The standard InChI is InChI=1S/C10H19N/c1-8-4-9-5-10(2,3)7-11(8)6-9/h8-9H,4-7H2,1-3H3/t8-,9+/m1/s1. The highest BCUT2D eigenvalue weighted by Gasteiger charge is 2.40. The molecule has 0 aromatic heterocycles. The number of hydrogen-bond donors (Lipinski definition) is 0. The summed E-state index contributed by atoms with van der Waals surface area (Å²) in [5.74, 6) is 1.01. The minimum absolute atomic E-state index is 0.591. The van der Waals surface area contributed by atoms with E-state index in [0.717, 1.165) is 12.0 Å². The predicted octanol–water partition coefficient (Wildman–Crippen LogP) is 2.13. The third kappa shape index (κ3) is 1.31. The van der Waals surface area contributed by atoms with Gasteiger partial charge in [0, 0.05) is 19.1 Å². The van der Waals surface area contributed by atoms with Gasteiger partial charge in [-0.25, -0.2) is 0 Å². The van der Waals surface area contributed by atoms with Crippen molar-refractivity contribution >= 4 is 0 Å². The van der Waals surface area contributed by atoms with Gasteiger partial charge in [-0.1, -0.05) is 13.8 Å². The third-order valence-electron chi connectivity index (χ3n) is 3.26. The molecule has 0 aromatic rings. The first-order valence-electron chi connectivity index (χ1n) is 4.81. The van der Waals surface area contributed by atoms with Gasteiger partial charge in [-0.3, -0.25) is 4.90 Å². The molecule has 1 unspecified atom stereocenters. The van der Waals surface area contributed by atoms with E-state index in [-0.39, 0.29) is 0 Å². The first-order chi connectivity index (χ1) is 5.07. The molecule has 1 heteroatoms. The molecule has 2 heterocycles. The molecule has 3 atom stereocenters. The van der Waals surface area contributed by atoms with Crippen LogP contribution in [0.25, 0.3) is 0 Å². The summed E-state index contributed by atoms with van der Waals surface area (Å²) in [4.78, 5) is 2.66. The Hall–Kier alpha value is -0.0400. The zero-order valence-electron chi connectivity index (χ0n) is 7.93. The Morgan fingerprint density at radius 3 is 2.73 bits per heavy atom. The van der Waals surface area contributed by atoms with Crippen molar-refractivity contribution in [3.63, 3.8) is 0 Å². The number of piperidine rings is 1. The van der Waals surface area contributed by atoms with E-state index in [1.807, 2.05) is 0 Å².